The van der Waals surface area contributed by atoms with E-state index >= 15 is 0 Å². The molecule has 0 aromatic carbocycles. The van der Waals surface area contributed by atoms with Crippen LogP contribution < -0.4 is 5.32 Å². The lowest BCUT2D eigenvalue weighted by Crippen LogP contribution is -2.42. The largest absolute Gasteiger partial charge is 0.388 e. The molecule has 0 saturated carbocycles. The maximum absolute atomic E-state index is 12.0. The van der Waals surface area contributed by atoms with Crippen molar-refractivity contribution in [2.45, 2.75) is 32.3 Å². The van der Waals surface area contributed by atoms with Gasteiger partial charge in [0.05, 0.1) is 5.60 Å². The van der Waals surface area contributed by atoms with Crippen LogP contribution in [0.25, 0.3) is 11.3 Å². The smallest absolute Gasteiger partial charge is 0.273 e. The number of carbonyl (C=O) groups excluding carboxylic acids is 1. The summed E-state index contributed by atoms with van der Waals surface area (Å²) in [5.41, 5.74) is 0.111. The molecule has 0 atom stereocenters. The molecule has 0 unspecified atom stereocenters. The van der Waals surface area contributed by atoms with Crippen molar-refractivity contribution in [1.82, 2.24) is 15.5 Å². The molecule has 6 heteroatoms. The molecule has 21 heavy (non-hydrogen) atoms. The number of rotatable bonds is 6. The lowest BCUT2D eigenvalue weighted by atomic mass is 9.97. The summed E-state index contributed by atoms with van der Waals surface area (Å²) in [7, 11) is 0. The van der Waals surface area contributed by atoms with Crippen LogP contribution in [0.2, 0.25) is 0 Å². The molecule has 0 aliphatic rings. The fourth-order valence-corrected chi connectivity index (χ4v) is 1.87. The van der Waals surface area contributed by atoms with Gasteiger partial charge in [-0.2, -0.15) is 0 Å². The van der Waals surface area contributed by atoms with Crippen molar-refractivity contribution >= 4 is 5.91 Å². The van der Waals surface area contributed by atoms with E-state index in [-0.39, 0.29) is 18.1 Å². The van der Waals surface area contributed by atoms with E-state index in [1.54, 1.807) is 30.6 Å². The van der Waals surface area contributed by atoms with Gasteiger partial charge in [0.15, 0.2) is 11.5 Å². The Hall–Kier alpha value is -2.21. The fourth-order valence-electron chi connectivity index (χ4n) is 1.87. The number of hydrogen-bond acceptors (Lipinski definition) is 5. The number of nitrogens with zero attached hydrogens (tertiary/aromatic N) is 2. The SMILES string of the molecule is CCC(O)(CC)CNC(=O)c1cc(-c2ccncc2)on1. The maximum Gasteiger partial charge on any atom is 0.273 e. The Balaban J connectivity index is 2.03. The second kappa shape index (κ2) is 6.49. The van der Waals surface area contributed by atoms with E-state index in [9.17, 15) is 9.90 Å². The standard InChI is InChI=1S/C15H19N3O3/c1-3-15(20,4-2)10-17-14(19)12-9-13(21-18-12)11-5-7-16-8-6-11/h5-9,20H,3-4,10H2,1-2H3,(H,17,19). The van der Waals surface area contributed by atoms with Gasteiger partial charge >= 0.3 is 0 Å². The first-order valence-corrected chi connectivity index (χ1v) is 6.95. The van der Waals surface area contributed by atoms with Gasteiger partial charge in [0, 0.05) is 30.6 Å². The van der Waals surface area contributed by atoms with Crippen molar-refractivity contribution in [2.75, 3.05) is 6.54 Å². The zero-order valence-electron chi connectivity index (χ0n) is 12.2. The van der Waals surface area contributed by atoms with Gasteiger partial charge in [-0.3, -0.25) is 9.78 Å². The molecule has 2 heterocycles. The van der Waals surface area contributed by atoms with Crippen molar-refractivity contribution in [1.29, 1.82) is 0 Å². The average Bonchev–Trinajstić information content (AvgIpc) is 3.03. The van der Waals surface area contributed by atoms with Crippen molar-refractivity contribution in [3.8, 4) is 11.3 Å². The highest BCUT2D eigenvalue weighted by atomic mass is 16.5. The number of amides is 1. The first kappa shape index (κ1) is 15.2. The summed E-state index contributed by atoms with van der Waals surface area (Å²) in [4.78, 5) is 15.9. The minimum atomic E-state index is -0.882. The van der Waals surface area contributed by atoms with Gasteiger partial charge in [0.25, 0.3) is 5.91 Å². The van der Waals surface area contributed by atoms with Crippen LogP contribution in [0.1, 0.15) is 37.2 Å². The van der Waals surface area contributed by atoms with Crippen LogP contribution >= 0.6 is 0 Å². The number of carbonyl (C=O) groups is 1. The molecule has 0 spiro atoms. The van der Waals surface area contributed by atoms with Crippen molar-refractivity contribution in [2.24, 2.45) is 0 Å². The third-order valence-corrected chi connectivity index (χ3v) is 3.60. The number of hydrogen-bond donors (Lipinski definition) is 2. The Morgan fingerprint density at radius 1 is 1.33 bits per heavy atom. The van der Waals surface area contributed by atoms with Crippen molar-refractivity contribution in [3.63, 3.8) is 0 Å². The summed E-state index contributed by atoms with van der Waals surface area (Å²) in [5, 5.41) is 16.6. The van der Waals surface area contributed by atoms with Gasteiger partial charge in [-0.05, 0) is 25.0 Å². The summed E-state index contributed by atoms with van der Waals surface area (Å²) < 4.78 is 5.16. The predicted molar refractivity (Wildman–Crippen MR) is 77.6 cm³/mol. The topological polar surface area (TPSA) is 88.2 Å². The molecule has 0 aliphatic heterocycles. The third kappa shape index (κ3) is 3.66. The molecule has 0 aliphatic carbocycles. The molecule has 2 rings (SSSR count). The summed E-state index contributed by atoms with van der Waals surface area (Å²) in [6.45, 7) is 3.96. The van der Waals surface area contributed by atoms with E-state index in [2.05, 4.69) is 15.5 Å². The highest BCUT2D eigenvalue weighted by Crippen LogP contribution is 2.19. The van der Waals surface area contributed by atoms with E-state index < -0.39 is 5.60 Å². The van der Waals surface area contributed by atoms with Gasteiger partial charge < -0.3 is 14.9 Å². The first-order valence-electron chi connectivity index (χ1n) is 6.95. The predicted octanol–water partition coefficient (Wildman–Crippen LogP) is 2.02. The van der Waals surface area contributed by atoms with E-state index in [0.29, 0.717) is 18.6 Å². The molecule has 0 radical (unpaired) electrons. The van der Waals surface area contributed by atoms with Gasteiger partial charge in [-0.25, -0.2) is 0 Å². The second-order valence-corrected chi connectivity index (χ2v) is 4.93. The van der Waals surface area contributed by atoms with E-state index in [1.807, 2.05) is 13.8 Å². The van der Waals surface area contributed by atoms with E-state index in [0.717, 1.165) is 5.56 Å². The molecule has 2 aromatic rings. The maximum atomic E-state index is 12.0. The number of nitrogens with one attached hydrogen (secondary N) is 1. The van der Waals surface area contributed by atoms with Crippen LogP contribution in [0.3, 0.4) is 0 Å². The molecule has 0 saturated heterocycles. The van der Waals surface area contributed by atoms with Crippen LogP contribution in [0, 0.1) is 0 Å². The highest BCUT2D eigenvalue weighted by Gasteiger charge is 2.24. The minimum absolute atomic E-state index is 0.191. The molecule has 0 fully saturated rings. The second-order valence-electron chi connectivity index (χ2n) is 4.93. The lowest BCUT2D eigenvalue weighted by Gasteiger charge is -2.24. The molecular weight excluding hydrogens is 270 g/mol. The van der Waals surface area contributed by atoms with Crippen LogP contribution in [-0.4, -0.2) is 33.3 Å². The molecular formula is C15H19N3O3. The summed E-state index contributed by atoms with van der Waals surface area (Å²) in [6.07, 6.45) is 4.43. The van der Waals surface area contributed by atoms with Crippen LogP contribution in [0.15, 0.2) is 35.1 Å². The molecule has 112 valence electrons. The van der Waals surface area contributed by atoms with Gasteiger partial charge in [-0.15, -0.1) is 0 Å². The monoisotopic (exact) mass is 289 g/mol. The Labute approximate surface area is 123 Å². The Morgan fingerprint density at radius 3 is 2.62 bits per heavy atom. The first-order chi connectivity index (χ1) is 10.1. The van der Waals surface area contributed by atoms with Gasteiger partial charge in [0.1, 0.15) is 0 Å². The Bertz CT molecular complexity index is 591. The molecule has 2 aromatic heterocycles. The Morgan fingerprint density at radius 2 is 2.00 bits per heavy atom. The molecule has 1 amide bonds. The average molecular weight is 289 g/mol. The Kier molecular flexibility index (Phi) is 4.70. The molecule has 6 nitrogen and oxygen atoms in total. The molecule has 2 N–H and O–H groups in total. The van der Waals surface area contributed by atoms with Gasteiger partial charge in [-0.1, -0.05) is 19.0 Å². The van der Waals surface area contributed by atoms with Crippen LogP contribution in [0.5, 0.6) is 0 Å². The fraction of sp³-hybridized carbons (Fsp3) is 0.400. The summed E-state index contributed by atoms with van der Waals surface area (Å²) in [5.74, 6) is 0.142. The normalized spacial score (nSPS) is 11.4. The van der Waals surface area contributed by atoms with E-state index in [1.165, 1.54) is 0 Å². The number of aliphatic hydroxyl groups is 1. The van der Waals surface area contributed by atoms with Crippen molar-refractivity contribution < 1.29 is 14.4 Å². The summed E-state index contributed by atoms with van der Waals surface area (Å²) >= 11 is 0. The highest BCUT2D eigenvalue weighted by molar-refractivity contribution is 5.93. The zero-order valence-corrected chi connectivity index (χ0v) is 12.2. The molecule has 0 bridgehead atoms. The number of aromatic nitrogens is 2. The van der Waals surface area contributed by atoms with Crippen LogP contribution in [0.4, 0.5) is 0 Å². The zero-order chi connectivity index (χ0) is 15.3. The lowest BCUT2D eigenvalue weighted by molar-refractivity contribution is 0.0312. The van der Waals surface area contributed by atoms with Gasteiger partial charge in [0.2, 0.25) is 0 Å². The minimum Gasteiger partial charge on any atom is -0.388 e. The van der Waals surface area contributed by atoms with E-state index in [4.69, 9.17) is 4.52 Å². The third-order valence-electron chi connectivity index (χ3n) is 3.60. The quantitative estimate of drug-likeness (QED) is 0.849. The van der Waals surface area contributed by atoms with Crippen LogP contribution in [-0.2, 0) is 0 Å². The number of pyridine rings is 1. The van der Waals surface area contributed by atoms with Crippen molar-refractivity contribution in [3.05, 3.63) is 36.3 Å². The summed E-state index contributed by atoms with van der Waals surface area (Å²) in [6, 6.07) is 5.12.